The highest BCUT2D eigenvalue weighted by Crippen LogP contribution is 2.40. The summed E-state index contributed by atoms with van der Waals surface area (Å²) in [6.45, 7) is 14.8. The number of nitrogens with one attached hydrogen (secondary N) is 1. The van der Waals surface area contributed by atoms with Gasteiger partial charge in [0.25, 0.3) is 0 Å². The van der Waals surface area contributed by atoms with Crippen LogP contribution in [0, 0.1) is 10.8 Å². The van der Waals surface area contributed by atoms with Crippen LogP contribution in [0.25, 0.3) is 0 Å². The fraction of sp³-hybridized carbons (Fsp3) is 0.886. The second-order valence-electron chi connectivity index (χ2n) is 15.6. The summed E-state index contributed by atoms with van der Waals surface area (Å²) in [5, 5.41) is 2.77. The Morgan fingerprint density at radius 1 is 0.739 bits per heavy atom. The summed E-state index contributed by atoms with van der Waals surface area (Å²) in [5.41, 5.74) is 12.6. The highest BCUT2D eigenvalue weighted by atomic mass is 16.5. The maximum Gasteiger partial charge on any atom is 0.246 e. The van der Waals surface area contributed by atoms with Gasteiger partial charge < -0.3 is 36.1 Å². The third-order valence-corrected chi connectivity index (χ3v) is 10.2. The second kappa shape index (κ2) is 17.2. The number of rotatable bonds is 1. The van der Waals surface area contributed by atoms with E-state index in [1.165, 1.54) is 0 Å². The molecule has 4 amide bonds. The van der Waals surface area contributed by atoms with E-state index >= 15 is 0 Å². The molecule has 11 nitrogen and oxygen atoms in total. The van der Waals surface area contributed by atoms with Gasteiger partial charge in [-0.2, -0.15) is 0 Å². The molecule has 3 heterocycles. The van der Waals surface area contributed by atoms with Crippen LogP contribution in [-0.4, -0.2) is 96.1 Å². The van der Waals surface area contributed by atoms with Crippen molar-refractivity contribution in [2.24, 2.45) is 22.3 Å². The van der Waals surface area contributed by atoms with Crippen LogP contribution < -0.4 is 16.8 Å². The standard InChI is InChI=1S/C35H63N5O6/c1-24-28(36)33(44)40-20-14-16-27(40)32(43)39-19-13-15-26(39)31(42)38-29(30(37)41)25(2)46-21-11-8-7-9-17-34(3,4)23-35(5,6)18-10-12-22-45-24/h24-29H,7-23,36H2,1-6H3,(H2,37,41)(H,38,42)/t24-,25+,26+,27+,28+,29-/m1/s1. The molecule has 0 bridgehead atoms. The average molecular weight is 650 g/mol. The Morgan fingerprint density at radius 3 is 1.85 bits per heavy atom. The molecule has 3 aliphatic heterocycles. The lowest BCUT2D eigenvalue weighted by Gasteiger charge is -2.35. The predicted molar refractivity (Wildman–Crippen MR) is 179 cm³/mol. The van der Waals surface area contributed by atoms with Gasteiger partial charge in [-0.25, -0.2) is 0 Å². The van der Waals surface area contributed by atoms with E-state index in [4.69, 9.17) is 20.9 Å². The Kier molecular flexibility index (Phi) is 14.3. The first-order valence-corrected chi connectivity index (χ1v) is 17.8. The van der Waals surface area contributed by atoms with Crippen LogP contribution in [0.4, 0.5) is 0 Å². The molecule has 6 atom stereocenters. The van der Waals surface area contributed by atoms with Crippen molar-refractivity contribution >= 4 is 23.6 Å². The molecule has 0 saturated carbocycles. The third kappa shape index (κ3) is 10.9. The quantitative estimate of drug-likeness (QED) is 0.391. The number of nitrogens with two attached hydrogens (primary N) is 2. The van der Waals surface area contributed by atoms with Crippen LogP contribution in [0.15, 0.2) is 0 Å². The topological polar surface area (TPSA) is 157 Å². The lowest BCUT2D eigenvalue weighted by atomic mass is 9.70. The van der Waals surface area contributed by atoms with Crippen molar-refractivity contribution in [3.63, 3.8) is 0 Å². The fourth-order valence-corrected chi connectivity index (χ4v) is 7.82. The average Bonchev–Trinajstić information content (AvgIpc) is 3.67. The molecular formula is C35H63N5O6. The number of amides is 4. The molecule has 3 rings (SSSR count). The molecule has 264 valence electrons. The molecule has 0 aromatic carbocycles. The Balaban J connectivity index is 1.73. The fourth-order valence-electron chi connectivity index (χ4n) is 7.82. The Bertz CT molecular complexity index is 1030. The van der Waals surface area contributed by atoms with Crippen molar-refractivity contribution in [3.05, 3.63) is 0 Å². The SMILES string of the molecule is C[C@@H]1OCCCCCCC(C)(C)CC(C)(C)CCCCO[C@H](C)[C@H](N)C(=O)N2CCC[C@H]2C(=O)N2CCC[C@H]2C(=O)N[C@H]1C(N)=O. The minimum Gasteiger partial charge on any atom is -0.376 e. The number of ether oxygens (including phenoxy) is 2. The monoisotopic (exact) mass is 649 g/mol. The van der Waals surface area contributed by atoms with Crippen molar-refractivity contribution in [1.29, 1.82) is 0 Å². The first-order valence-electron chi connectivity index (χ1n) is 17.8. The lowest BCUT2D eigenvalue weighted by Crippen LogP contribution is -2.59. The van der Waals surface area contributed by atoms with Crippen molar-refractivity contribution < 1.29 is 28.7 Å². The molecule has 0 aromatic rings. The van der Waals surface area contributed by atoms with Gasteiger partial charge in [-0.1, -0.05) is 53.4 Å². The van der Waals surface area contributed by atoms with Crippen LogP contribution in [0.3, 0.4) is 0 Å². The van der Waals surface area contributed by atoms with Crippen molar-refractivity contribution in [2.75, 3.05) is 26.3 Å². The van der Waals surface area contributed by atoms with E-state index in [2.05, 4.69) is 33.0 Å². The van der Waals surface area contributed by atoms with Gasteiger partial charge in [-0.3, -0.25) is 19.2 Å². The van der Waals surface area contributed by atoms with Gasteiger partial charge in [0.2, 0.25) is 23.6 Å². The number of hydrogen-bond acceptors (Lipinski definition) is 7. The van der Waals surface area contributed by atoms with Crippen LogP contribution in [0.5, 0.6) is 0 Å². The van der Waals surface area contributed by atoms with Gasteiger partial charge in [0.15, 0.2) is 0 Å². The van der Waals surface area contributed by atoms with Gasteiger partial charge in [-0.15, -0.1) is 0 Å². The molecular weight excluding hydrogens is 586 g/mol. The number of primary amides is 1. The Hall–Kier alpha value is -2.24. The molecule has 0 radical (unpaired) electrons. The largest absolute Gasteiger partial charge is 0.376 e. The summed E-state index contributed by atoms with van der Waals surface area (Å²) in [5.74, 6) is -1.66. The molecule has 0 aromatic heterocycles. The van der Waals surface area contributed by atoms with E-state index < -0.39 is 48.2 Å². The summed E-state index contributed by atoms with van der Waals surface area (Å²) in [6, 6.07) is -3.32. The summed E-state index contributed by atoms with van der Waals surface area (Å²) >= 11 is 0. The first kappa shape index (κ1) is 38.2. The molecule has 0 aliphatic carbocycles. The number of carbonyl (C=O) groups excluding carboxylic acids is 4. The van der Waals surface area contributed by atoms with Crippen molar-refractivity contribution in [2.45, 2.75) is 161 Å². The van der Waals surface area contributed by atoms with Crippen LogP contribution in [-0.2, 0) is 28.7 Å². The minimum atomic E-state index is -1.01. The normalized spacial score (nSPS) is 33.5. The zero-order valence-electron chi connectivity index (χ0n) is 29.5. The number of nitrogens with zero attached hydrogens (tertiary/aromatic N) is 2. The Labute approximate surface area is 277 Å². The van der Waals surface area contributed by atoms with E-state index in [1.54, 1.807) is 16.7 Å². The smallest absolute Gasteiger partial charge is 0.246 e. The molecule has 3 saturated heterocycles. The van der Waals surface area contributed by atoms with Crippen LogP contribution in [0.1, 0.15) is 125 Å². The zero-order chi connectivity index (χ0) is 34.1. The first-order chi connectivity index (χ1) is 21.6. The molecule has 11 heteroatoms. The predicted octanol–water partition coefficient (Wildman–Crippen LogP) is 3.65. The van der Waals surface area contributed by atoms with E-state index in [-0.39, 0.29) is 22.6 Å². The van der Waals surface area contributed by atoms with Gasteiger partial charge in [0, 0.05) is 26.3 Å². The van der Waals surface area contributed by atoms with Gasteiger partial charge in [0.05, 0.1) is 12.2 Å². The maximum atomic E-state index is 13.8. The zero-order valence-corrected chi connectivity index (χ0v) is 29.5. The van der Waals surface area contributed by atoms with Gasteiger partial charge in [0.1, 0.15) is 24.2 Å². The highest BCUT2D eigenvalue weighted by molar-refractivity contribution is 5.95. The molecule has 3 fully saturated rings. The number of hydrogen-bond donors (Lipinski definition) is 3. The maximum absolute atomic E-state index is 13.8. The van der Waals surface area contributed by atoms with Crippen LogP contribution >= 0.6 is 0 Å². The minimum absolute atomic E-state index is 0.215. The van der Waals surface area contributed by atoms with E-state index in [0.29, 0.717) is 52.0 Å². The second-order valence-corrected chi connectivity index (χ2v) is 15.6. The van der Waals surface area contributed by atoms with Gasteiger partial charge in [-0.05, 0) is 82.5 Å². The lowest BCUT2D eigenvalue weighted by molar-refractivity contribution is -0.148. The van der Waals surface area contributed by atoms with E-state index in [1.807, 2.05) is 6.92 Å². The Morgan fingerprint density at radius 2 is 1.24 bits per heavy atom. The van der Waals surface area contributed by atoms with E-state index in [9.17, 15) is 19.2 Å². The highest BCUT2D eigenvalue weighted by Gasteiger charge is 2.44. The molecule has 46 heavy (non-hydrogen) atoms. The number of fused-ring (bicyclic) bond motifs is 2. The third-order valence-electron chi connectivity index (χ3n) is 10.2. The van der Waals surface area contributed by atoms with Crippen LogP contribution in [0.2, 0.25) is 0 Å². The van der Waals surface area contributed by atoms with E-state index in [0.717, 1.165) is 57.8 Å². The summed E-state index contributed by atoms with van der Waals surface area (Å²) < 4.78 is 12.0. The van der Waals surface area contributed by atoms with Crippen molar-refractivity contribution in [3.8, 4) is 0 Å². The summed E-state index contributed by atoms with van der Waals surface area (Å²) in [7, 11) is 0. The molecule has 0 unspecified atom stereocenters. The number of carbonyl (C=O) groups is 4. The van der Waals surface area contributed by atoms with Gasteiger partial charge >= 0.3 is 0 Å². The molecule has 3 aliphatic rings. The van der Waals surface area contributed by atoms with Crippen molar-refractivity contribution in [1.82, 2.24) is 15.1 Å². The molecule has 0 spiro atoms. The summed E-state index contributed by atoms with van der Waals surface area (Å²) in [4.78, 5) is 56.3. The molecule has 5 N–H and O–H groups in total. The summed E-state index contributed by atoms with van der Waals surface area (Å²) in [6.07, 6.45) is 10.7.